The van der Waals surface area contributed by atoms with Gasteiger partial charge in [0.15, 0.2) is 0 Å². The van der Waals surface area contributed by atoms with Gasteiger partial charge in [0, 0.05) is 12.1 Å². The van der Waals surface area contributed by atoms with Gasteiger partial charge < -0.3 is 10.2 Å². The summed E-state index contributed by atoms with van der Waals surface area (Å²) in [6.45, 7) is 11.3. The van der Waals surface area contributed by atoms with Gasteiger partial charge >= 0.3 is 0 Å². The monoisotopic (exact) mass is 200 g/mol. The Hall–Kier alpha value is -0.0800. The van der Waals surface area contributed by atoms with E-state index in [9.17, 15) is 0 Å². The van der Waals surface area contributed by atoms with Crippen LogP contribution < -0.4 is 5.32 Å². The number of hydrogen-bond acceptors (Lipinski definition) is 2. The van der Waals surface area contributed by atoms with Gasteiger partial charge in [0.05, 0.1) is 0 Å². The Morgan fingerprint density at radius 1 is 1.14 bits per heavy atom. The second-order valence-corrected chi connectivity index (χ2v) is 4.20. The maximum absolute atomic E-state index is 3.45. The largest absolute Gasteiger partial charge is 0.314 e. The summed E-state index contributed by atoms with van der Waals surface area (Å²) in [5.41, 5.74) is 0. The molecule has 0 aliphatic heterocycles. The lowest BCUT2D eigenvalue weighted by molar-refractivity contribution is 0.219. The number of rotatable bonds is 8. The summed E-state index contributed by atoms with van der Waals surface area (Å²) in [7, 11) is 2.25. The molecule has 1 N–H and O–H groups in total. The Bertz CT molecular complexity index is 121. The van der Waals surface area contributed by atoms with Crippen molar-refractivity contribution < 1.29 is 0 Å². The molecule has 0 spiro atoms. The Kier molecular flexibility index (Phi) is 8.20. The molecule has 0 saturated carbocycles. The summed E-state index contributed by atoms with van der Waals surface area (Å²) in [4.78, 5) is 2.49. The zero-order chi connectivity index (χ0) is 11.0. The van der Waals surface area contributed by atoms with Crippen LogP contribution in [0.3, 0.4) is 0 Å². The van der Waals surface area contributed by atoms with Gasteiger partial charge in [-0.1, -0.05) is 20.8 Å². The van der Waals surface area contributed by atoms with Crippen LogP contribution in [0.15, 0.2) is 0 Å². The first-order valence-electron chi connectivity index (χ1n) is 6.09. The van der Waals surface area contributed by atoms with Crippen LogP contribution in [0, 0.1) is 0 Å². The van der Waals surface area contributed by atoms with E-state index in [0.717, 1.165) is 12.6 Å². The van der Waals surface area contributed by atoms with Crippen LogP contribution in [0.5, 0.6) is 0 Å². The van der Waals surface area contributed by atoms with Crippen molar-refractivity contribution in [3.8, 4) is 0 Å². The van der Waals surface area contributed by atoms with E-state index in [1.54, 1.807) is 0 Å². The maximum Gasteiger partial charge on any atom is 0.00869 e. The van der Waals surface area contributed by atoms with Crippen LogP contribution in [0.4, 0.5) is 0 Å². The molecule has 1 unspecified atom stereocenters. The molecule has 0 aromatic carbocycles. The van der Waals surface area contributed by atoms with Gasteiger partial charge in [-0.15, -0.1) is 0 Å². The van der Waals surface area contributed by atoms with Crippen LogP contribution in [-0.2, 0) is 0 Å². The smallest absolute Gasteiger partial charge is 0.00869 e. The Balaban J connectivity index is 3.65. The molecule has 0 heterocycles. The minimum atomic E-state index is 0.650. The Morgan fingerprint density at radius 3 is 2.14 bits per heavy atom. The molecule has 0 saturated heterocycles. The minimum Gasteiger partial charge on any atom is -0.314 e. The van der Waals surface area contributed by atoms with E-state index in [-0.39, 0.29) is 0 Å². The Morgan fingerprint density at radius 2 is 1.71 bits per heavy atom. The third-order valence-electron chi connectivity index (χ3n) is 3.03. The van der Waals surface area contributed by atoms with Gasteiger partial charge in [-0.3, -0.25) is 0 Å². The average Bonchev–Trinajstić information content (AvgIpc) is 2.17. The fourth-order valence-corrected chi connectivity index (χ4v) is 1.94. The van der Waals surface area contributed by atoms with E-state index in [0.29, 0.717) is 6.04 Å². The maximum atomic E-state index is 3.45. The van der Waals surface area contributed by atoms with Gasteiger partial charge in [0.2, 0.25) is 0 Å². The van der Waals surface area contributed by atoms with Crippen LogP contribution in [-0.4, -0.2) is 37.1 Å². The first-order valence-corrected chi connectivity index (χ1v) is 6.09. The van der Waals surface area contributed by atoms with Crippen molar-refractivity contribution in [2.45, 2.75) is 59.0 Å². The molecule has 2 heteroatoms. The summed E-state index contributed by atoms with van der Waals surface area (Å²) in [6, 6.07) is 1.42. The molecular formula is C12H28N2. The van der Waals surface area contributed by atoms with Crippen molar-refractivity contribution in [3.05, 3.63) is 0 Å². The highest BCUT2D eigenvalue weighted by molar-refractivity contribution is 4.68. The molecule has 14 heavy (non-hydrogen) atoms. The van der Waals surface area contributed by atoms with Crippen LogP contribution in [0.2, 0.25) is 0 Å². The number of nitrogens with one attached hydrogen (secondary N) is 1. The minimum absolute atomic E-state index is 0.650. The highest BCUT2D eigenvalue weighted by atomic mass is 15.1. The summed E-state index contributed by atoms with van der Waals surface area (Å²) < 4.78 is 0. The van der Waals surface area contributed by atoms with Crippen molar-refractivity contribution in [2.24, 2.45) is 0 Å². The third-order valence-corrected chi connectivity index (χ3v) is 3.03. The van der Waals surface area contributed by atoms with Gasteiger partial charge in [-0.05, 0) is 46.3 Å². The van der Waals surface area contributed by atoms with Crippen molar-refractivity contribution in [3.63, 3.8) is 0 Å². The van der Waals surface area contributed by atoms with Gasteiger partial charge in [-0.2, -0.15) is 0 Å². The molecular weight excluding hydrogens is 172 g/mol. The lowest BCUT2D eigenvalue weighted by Crippen LogP contribution is -2.35. The molecule has 0 bridgehead atoms. The predicted octanol–water partition coefficient (Wildman–Crippen LogP) is 2.49. The van der Waals surface area contributed by atoms with Crippen LogP contribution in [0.25, 0.3) is 0 Å². The topological polar surface area (TPSA) is 15.3 Å². The molecule has 2 nitrogen and oxygen atoms in total. The highest BCUT2D eigenvalue weighted by Crippen LogP contribution is 2.07. The number of nitrogens with zero attached hydrogens (tertiary/aromatic N) is 1. The zero-order valence-corrected chi connectivity index (χ0v) is 10.6. The molecule has 0 aromatic rings. The van der Waals surface area contributed by atoms with E-state index in [1.165, 1.54) is 25.8 Å². The Labute approximate surface area is 90.1 Å². The zero-order valence-electron chi connectivity index (χ0n) is 10.6. The lowest BCUT2D eigenvalue weighted by Gasteiger charge is -2.27. The van der Waals surface area contributed by atoms with E-state index in [2.05, 4.69) is 45.0 Å². The molecule has 1 atom stereocenters. The van der Waals surface area contributed by atoms with Crippen LogP contribution >= 0.6 is 0 Å². The van der Waals surface area contributed by atoms with E-state index in [4.69, 9.17) is 0 Å². The van der Waals surface area contributed by atoms with Crippen molar-refractivity contribution in [1.29, 1.82) is 0 Å². The summed E-state index contributed by atoms with van der Waals surface area (Å²) in [5, 5.41) is 3.45. The standard InChI is InChI=1S/C12H28N2/c1-6-12(7-2)14(5)10-9-11(4)13-8-3/h11-13H,6-10H2,1-5H3. The van der Waals surface area contributed by atoms with Crippen LogP contribution in [0.1, 0.15) is 47.0 Å². The van der Waals surface area contributed by atoms with E-state index in [1.807, 2.05) is 0 Å². The van der Waals surface area contributed by atoms with Gasteiger partial charge in [0.25, 0.3) is 0 Å². The highest BCUT2D eigenvalue weighted by Gasteiger charge is 2.10. The van der Waals surface area contributed by atoms with Gasteiger partial charge in [-0.25, -0.2) is 0 Å². The average molecular weight is 200 g/mol. The molecule has 0 rings (SSSR count). The first-order chi connectivity index (χ1) is 6.65. The summed E-state index contributed by atoms with van der Waals surface area (Å²) >= 11 is 0. The molecule has 0 aliphatic carbocycles. The predicted molar refractivity (Wildman–Crippen MR) is 64.8 cm³/mol. The molecule has 0 radical (unpaired) electrons. The fourth-order valence-electron chi connectivity index (χ4n) is 1.94. The second kappa shape index (κ2) is 8.25. The van der Waals surface area contributed by atoms with Crippen molar-refractivity contribution in [2.75, 3.05) is 20.1 Å². The van der Waals surface area contributed by atoms with E-state index < -0.39 is 0 Å². The first kappa shape index (κ1) is 13.9. The SMILES string of the molecule is CCNC(C)CCN(C)C(CC)CC. The number of hydrogen-bond donors (Lipinski definition) is 1. The fraction of sp³-hybridized carbons (Fsp3) is 1.00. The summed E-state index contributed by atoms with van der Waals surface area (Å²) in [5.74, 6) is 0. The van der Waals surface area contributed by atoms with Crippen molar-refractivity contribution >= 4 is 0 Å². The third kappa shape index (κ3) is 5.61. The molecule has 0 aromatic heterocycles. The normalized spacial score (nSPS) is 13.9. The van der Waals surface area contributed by atoms with Gasteiger partial charge in [0.1, 0.15) is 0 Å². The molecule has 0 fully saturated rings. The van der Waals surface area contributed by atoms with Crippen molar-refractivity contribution in [1.82, 2.24) is 10.2 Å². The lowest BCUT2D eigenvalue weighted by atomic mass is 10.1. The molecule has 86 valence electrons. The molecule has 0 aliphatic rings. The quantitative estimate of drug-likeness (QED) is 0.647. The van der Waals surface area contributed by atoms with E-state index >= 15 is 0 Å². The summed E-state index contributed by atoms with van der Waals surface area (Å²) in [6.07, 6.45) is 3.78. The second-order valence-electron chi connectivity index (χ2n) is 4.20. The molecule has 0 amide bonds.